The van der Waals surface area contributed by atoms with Crippen LogP contribution in [0.5, 0.6) is 0 Å². The number of imide groups is 1. The number of methoxy groups -OCH3 is 1. The highest BCUT2D eigenvalue weighted by molar-refractivity contribution is 7.91. The highest BCUT2D eigenvalue weighted by Crippen LogP contribution is 2.23. The molecule has 1 heterocycles. The number of carbonyl (C=O) groups is 3. The first-order valence-corrected chi connectivity index (χ1v) is 10.4. The number of benzene rings is 1. The number of anilines is 1. The van der Waals surface area contributed by atoms with Gasteiger partial charge in [-0.25, -0.2) is 13.2 Å². The van der Waals surface area contributed by atoms with Crippen LogP contribution in [-0.4, -0.2) is 39.2 Å². The molecule has 0 unspecified atom stereocenters. The molecule has 0 bridgehead atoms. The molecule has 2 rings (SSSR count). The summed E-state index contributed by atoms with van der Waals surface area (Å²) in [5.41, 5.74) is 0.121. The molecule has 0 spiro atoms. The first-order chi connectivity index (χ1) is 12.8. The Labute approximate surface area is 160 Å². The molecule has 3 amide bonds. The van der Waals surface area contributed by atoms with Crippen molar-refractivity contribution in [2.75, 3.05) is 18.2 Å². The maximum Gasteiger partial charge on any atom is 0.413 e. The van der Waals surface area contributed by atoms with E-state index in [1.165, 1.54) is 18.2 Å². The van der Waals surface area contributed by atoms with Crippen molar-refractivity contribution in [3.8, 4) is 0 Å². The number of alkyl carbamates (subject to hydrolysis) is 1. The van der Waals surface area contributed by atoms with Gasteiger partial charge in [-0.05, 0) is 30.0 Å². The summed E-state index contributed by atoms with van der Waals surface area (Å²) in [7, 11) is -2.32. The maximum absolute atomic E-state index is 12.2. The Morgan fingerprint density at radius 2 is 1.81 bits per heavy atom. The fraction of sp³-hybridized carbons (Fsp3) is 0.235. The second kappa shape index (κ2) is 9.28. The minimum atomic E-state index is -3.45. The van der Waals surface area contributed by atoms with E-state index in [1.54, 1.807) is 23.6 Å². The Bertz CT molecular complexity index is 922. The van der Waals surface area contributed by atoms with E-state index in [0.29, 0.717) is 0 Å². The summed E-state index contributed by atoms with van der Waals surface area (Å²) < 4.78 is 28.7. The monoisotopic (exact) mass is 410 g/mol. The first kappa shape index (κ1) is 20.6. The third kappa shape index (κ3) is 5.90. The van der Waals surface area contributed by atoms with Gasteiger partial charge in [-0.2, -0.15) is 0 Å². The smallest absolute Gasteiger partial charge is 0.413 e. The standard InChI is InChI=1S/C17H18N2O6S2/c1-25-17(22)19-15(21)13-9-10-26-16(13)18-14(20)8-5-11-27(23,24)12-6-3-2-4-7-12/h2-4,6-7,9-10H,5,8,11H2,1H3,(H,18,20)(H,19,21,22). The molecule has 0 atom stereocenters. The van der Waals surface area contributed by atoms with Crippen molar-refractivity contribution in [2.24, 2.45) is 0 Å². The van der Waals surface area contributed by atoms with Crippen molar-refractivity contribution in [1.82, 2.24) is 5.32 Å². The molecule has 0 radical (unpaired) electrons. The second-order valence-corrected chi connectivity index (χ2v) is 8.42. The minimum Gasteiger partial charge on any atom is -0.453 e. The van der Waals surface area contributed by atoms with Gasteiger partial charge in [-0.15, -0.1) is 11.3 Å². The van der Waals surface area contributed by atoms with Gasteiger partial charge in [-0.1, -0.05) is 18.2 Å². The summed E-state index contributed by atoms with van der Waals surface area (Å²) in [6.07, 6.45) is -0.797. The number of hydrogen-bond donors (Lipinski definition) is 2. The number of hydrogen-bond acceptors (Lipinski definition) is 7. The Hall–Kier alpha value is -2.72. The molecule has 8 nitrogen and oxygen atoms in total. The van der Waals surface area contributed by atoms with E-state index in [0.717, 1.165) is 18.4 Å². The van der Waals surface area contributed by atoms with Crippen LogP contribution >= 0.6 is 11.3 Å². The van der Waals surface area contributed by atoms with E-state index < -0.39 is 27.7 Å². The van der Waals surface area contributed by atoms with Crippen molar-refractivity contribution in [2.45, 2.75) is 17.7 Å². The Balaban J connectivity index is 1.89. The molecule has 0 aliphatic carbocycles. The van der Waals surface area contributed by atoms with Crippen LogP contribution in [0.25, 0.3) is 0 Å². The number of nitrogens with one attached hydrogen (secondary N) is 2. The lowest BCUT2D eigenvalue weighted by Gasteiger charge is -2.07. The van der Waals surface area contributed by atoms with Crippen LogP contribution in [0.1, 0.15) is 23.2 Å². The molecule has 0 saturated heterocycles. The van der Waals surface area contributed by atoms with E-state index in [-0.39, 0.29) is 34.1 Å². The normalized spacial score (nSPS) is 10.9. The highest BCUT2D eigenvalue weighted by atomic mass is 32.2. The zero-order valence-corrected chi connectivity index (χ0v) is 16.1. The molecule has 2 aromatic rings. The number of carbonyl (C=O) groups excluding carboxylic acids is 3. The van der Waals surface area contributed by atoms with E-state index >= 15 is 0 Å². The molecule has 2 N–H and O–H groups in total. The van der Waals surface area contributed by atoms with Gasteiger partial charge in [0.05, 0.1) is 23.3 Å². The van der Waals surface area contributed by atoms with E-state index in [4.69, 9.17) is 0 Å². The van der Waals surface area contributed by atoms with E-state index in [9.17, 15) is 22.8 Å². The fourth-order valence-electron chi connectivity index (χ4n) is 2.15. The zero-order valence-electron chi connectivity index (χ0n) is 14.4. The average molecular weight is 410 g/mol. The lowest BCUT2D eigenvalue weighted by molar-refractivity contribution is -0.116. The number of thiophene rings is 1. The number of ether oxygens (including phenoxy) is 1. The van der Waals surface area contributed by atoms with Crippen LogP contribution in [0.15, 0.2) is 46.7 Å². The molecular formula is C17H18N2O6S2. The Morgan fingerprint density at radius 1 is 1.11 bits per heavy atom. The molecule has 1 aromatic carbocycles. The Kier molecular flexibility index (Phi) is 7.08. The summed E-state index contributed by atoms with van der Waals surface area (Å²) in [5, 5.41) is 6.42. The fourth-order valence-corrected chi connectivity index (χ4v) is 4.29. The molecule has 0 aliphatic heterocycles. The van der Waals surface area contributed by atoms with Crippen LogP contribution in [0, 0.1) is 0 Å². The molecule has 1 aromatic heterocycles. The van der Waals surface area contributed by atoms with Gasteiger partial charge in [0.2, 0.25) is 5.91 Å². The molecular weight excluding hydrogens is 392 g/mol. The zero-order chi connectivity index (χ0) is 19.9. The van der Waals surface area contributed by atoms with Crippen molar-refractivity contribution in [1.29, 1.82) is 0 Å². The molecule has 144 valence electrons. The van der Waals surface area contributed by atoms with Crippen LogP contribution in [0.3, 0.4) is 0 Å². The summed E-state index contributed by atoms with van der Waals surface area (Å²) >= 11 is 1.11. The quantitative estimate of drug-likeness (QED) is 0.724. The van der Waals surface area contributed by atoms with Gasteiger partial charge in [-0.3, -0.25) is 14.9 Å². The predicted octanol–water partition coefficient (Wildman–Crippen LogP) is 2.44. The predicted molar refractivity (Wildman–Crippen MR) is 101 cm³/mol. The molecule has 0 saturated carbocycles. The lowest BCUT2D eigenvalue weighted by atomic mass is 10.3. The maximum atomic E-state index is 12.2. The summed E-state index contributed by atoms with van der Waals surface area (Å²) in [6.45, 7) is 0. The number of sulfone groups is 1. The van der Waals surface area contributed by atoms with Crippen LogP contribution in [0.2, 0.25) is 0 Å². The first-order valence-electron chi connectivity index (χ1n) is 7.88. The van der Waals surface area contributed by atoms with Gasteiger partial charge in [0.25, 0.3) is 5.91 Å². The molecule has 10 heteroatoms. The van der Waals surface area contributed by atoms with Gasteiger partial charge < -0.3 is 10.1 Å². The Morgan fingerprint density at radius 3 is 2.48 bits per heavy atom. The van der Waals surface area contributed by atoms with Crippen molar-refractivity contribution in [3.63, 3.8) is 0 Å². The number of rotatable bonds is 7. The van der Waals surface area contributed by atoms with E-state index in [2.05, 4.69) is 10.1 Å². The highest BCUT2D eigenvalue weighted by Gasteiger charge is 2.18. The van der Waals surface area contributed by atoms with Crippen LogP contribution in [0.4, 0.5) is 9.80 Å². The van der Waals surface area contributed by atoms with E-state index in [1.807, 2.05) is 5.32 Å². The lowest BCUT2D eigenvalue weighted by Crippen LogP contribution is -2.30. The molecule has 0 fully saturated rings. The topological polar surface area (TPSA) is 119 Å². The summed E-state index contributed by atoms with van der Waals surface area (Å²) in [4.78, 5) is 35.3. The third-order valence-electron chi connectivity index (χ3n) is 3.48. The second-order valence-electron chi connectivity index (χ2n) is 5.39. The van der Waals surface area contributed by atoms with Crippen LogP contribution < -0.4 is 10.6 Å². The minimum absolute atomic E-state index is 0.0258. The third-order valence-corrected chi connectivity index (χ3v) is 6.13. The van der Waals surface area contributed by atoms with Gasteiger partial charge in [0.15, 0.2) is 9.84 Å². The average Bonchev–Trinajstić information content (AvgIpc) is 3.10. The molecule has 27 heavy (non-hydrogen) atoms. The molecule has 0 aliphatic rings. The SMILES string of the molecule is COC(=O)NC(=O)c1ccsc1NC(=O)CCCS(=O)(=O)c1ccccc1. The summed E-state index contributed by atoms with van der Waals surface area (Å²) in [5.74, 6) is -1.29. The van der Waals surface area contributed by atoms with Crippen molar-refractivity contribution < 1.29 is 27.5 Å². The van der Waals surface area contributed by atoms with Crippen molar-refractivity contribution >= 4 is 44.1 Å². The largest absolute Gasteiger partial charge is 0.453 e. The van der Waals surface area contributed by atoms with Crippen molar-refractivity contribution in [3.05, 3.63) is 47.3 Å². The van der Waals surface area contributed by atoms with Gasteiger partial charge in [0.1, 0.15) is 5.00 Å². The van der Waals surface area contributed by atoms with Gasteiger partial charge in [0, 0.05) is 6.42 Å². The van der Waals surface area contributed by atoms with Crippen LogP contribution in [-0.2, 0) is 19.4 Å². The summed E-state index contributed by atoms with van der Waals surface area (Å²) in [6, 6.07) is 9.47. The number of amides is 3. The van der Waals surface area contributed by atoms with Gasteiger partial charge >= 0.3 is 6.09 Å².